The summed E-state index contributed by atoms with van der Waals surface area (Å²) in [7, 11) is 0. The number of nitrogens with zero attached hydrogens (tertiary/aromatic N) is 3. The monoisotopic (exact) mass is 292 g/mol. The summed E-state index contributed by atoms with van der Waals surface area (Å²) in [6.07, 6.45) is 5.80. The van der Waals surface area contributed by atoms with Crippen molar-refractivity contribution in [3.63, 3.8) is 0 Å². The fourth-order valence-corrected chi connectivity index (χ4v) is 2.64. The normalized spacial score (nSPS) is 16.6. The fourth-order valence-electron chi connectivity index (χ4n) is 2.64. The van der Waals surface area contributed by atoms with E-state index in [9.17, 15) is 9.59 Å². The molecule has 2 amide bonds. The first-order valence-corrected chi connectivity index (χ1v) is 7.75. The van der Waals surface area contributed by atoms with Crippen LogP contribution in [-0.2, 0) is 11.3 Å². The number of carbonyl (C=O) groups is 2. The Balaban J connectivity index is 1.94. The van der Waals surface area contributed by atoms with Gasteiger partial charge in [-0.2, -0.15) is 5.10 Å². The molecule has 1 aliphatic rings. The van der Waals surface area contributed by atoms with Gasteiger partial charge in [-0.3, -0.25) is 14.3 Å². The molecule has 1 N–H and O–H groups in total. The molecule has 116 valence electrons. The highest BCUT2D eigenvalue weighted by molar-refractivity contribution is 5.96. The molecule has 21 heavy (non-hydrogen) atoms. The van der Waals surface area contributed by atoms with Gasteiger partial charge in [-0.1, -0.05) is 6.92 Å². The highest BCUT2D eigenvalue weighted by atomic mass is 16.2. The number of aryl methyl sites for hydroxylation is 1. The second-order valence-electron chi connectivity index (χ2n) is 5.52. The lowest BCUT2D eigenvalue weighted by molar-refractivity contribution is -0.133. The quantitative estimate of drug-likeness (QED) is 0.892. The Morgan fingerprint density at radius 3 is 2.71 bits per heavy atom. The van der Waals surface area contributed by atoms with E-state index in [1.807, 2.05) is 11.8 Å². The number of hydrogen-bond donors (Lipinski definition) is 1. The Labute approximate surface area is 125 Å². The van der Waals surface area contributed by atoms with Crippen molar-refractivity contribution in [1.29, 1.82) is 0 Å². The Hall–Kier alpha value is -1.85. The van der Waals surface area contributed by atoms with Gasteiger partial charge in [0.05, 0.1) is 0 Å². The van der Waals surface area contributed by atoms with Crippen LogP contribution >= 0.6 is 0 Å². The Bertz CT molecular complexity index is 492. The Morgan fingerprint density at radius 1 is 1.33 bits per heavy atom. The first-order valence-electron chi connectivity index (χ1n) is 7.75. The van der Waals surface area contributed by atoms with Crippen LogP contribution in [0.5, 0.6) is 0 Å². The third kappa shape index (κ3) is 3.83. The molecule has 2 heterocycles. The van der Waals surface area contributed by atoms with Gasteiger partial charge in [-0.05, 0) is 38.7 Å². The lowest BCUT2D eigenvalue weighted by atomic mass is 10.1. The molecule has 6 nitrogen and oxygen atoms in total. The van der Waals surface area contributed by atoms with E-state index in [-0.39, 0.29) is 11.8 Å². The van der Waals surface area contributed by atoms with Crippen molar-refractivity contribution >= 4 is 11.8 Å². The number of hydrogen-bond acceptors (Lipinski definition) is 3. The minimum atomic E-state index is -0.499. The summed E-state index contributed by atoms with van der Waals surface area (Å²) in [6, 6.07) is 1.18. The van der Waals surface area contributed by atoms with Crippen molar-refractivity contribution in [3.05, 3.63) is 18.0 Å². The fraction of sp³-hybridized carbons (Fsp3) is 0.667. The van der Waals surface area contributed by atoms with Gasteiger partial charge in [0.15, 0.2) is 0 Å². The van der Waals surface area contributed by atoms with Crippen LogP contribution in [0.2, 0.25) is 0 Å². The molecule has 0 bridgehead atoms. The molecular formula is C15H24N4O2. The lowest BCUT2D eigenvalue weighted by Gasteiger charge is -2.29. The molecule has 0 aromatic carbocycles. The van der Waals surface area contributed by atoms with E-state index in [0.717, 1.165) is 32.4 Å². The van der Waals surface area contributed by atoms with Crippen LogP contribution in [0.1, 0.15) is 50.0 Å². The number of amides is 2. The summed E-state index contributed by atoms with van der Waals surface area (Å²) in [6.45, 7) is 6.07. The third-order valence-corrected chi connectivity index (χ3v) is 3.77. The molecule has 1 fully saturated rings. The molecule has 2 rings (SSSR count). The van der Waals surface area contributed by atoms with Gasteiger partial charge in [-0.15, -0.1) is 0 Å². The molecule has 1 aromatic rings. The zero-order chi connectivity index (χ0) is 15.2. The number of carbonyl (C=O) groups excluding carboxylic acids is 2. The number of piperidine rings is 1. The average Bonchev–Trinajstić information content (AvgIpc) is 2.96. The maximum atomic E-state index is 12.3. The van der Waals surface area contributed by atoms with E-state index in [2.05, 4.69) is 10.4 Å². The summed E-state index contributed by atoms with van der Waals surface area (Å²) in [4.78, 5) is 26.4. The Kier molecular flexibility index (Phi) is 5.36. The average molecular weight is 292 g/mol. The van der Waals surface area contributed by atoms with Crippen LogP contribution in [0.25, 0.3) is 0 Å². The summed E-state index contributed by atoms with van der Waals surface area (Å²) >= 11 is 0. The minimum absolute atomic E-state index is 0.00427. The highest BCUT2D eigenvalue weighted by Crippen LogP contribution is 2.10. The van der Waals surface area contributed by atoms with E-state index >= 15 is 0 Å². The van der Waals surface area contributed by atoms with Crippen molar-refractivity contribution in [2.24, 2.45) is 0 Å². The summed E-state index contributed by atoms with van der Waals surface area (Å²) in [5.74, 6) is -0.233. The van der Waals surface area contributed by atoms with Gasteiger partial charge in [0.1, 0.15) is 11.7 Å². The predicted molar refractivity (Wildman–Crippen MR) is 79.9 cm³/mol. The van der Waals surface area contributed by atoms with E-state index in [0.29, 0.717) is 12.2 Å². The van der Waals surface area contributed by atoms with Gasteiger partial charge < -0.3 is 10.2 Å². The summed E-state index contributed by atoms with van der Waals surface area (Å²) < 4.78 is 1.67. The van der Waals surface area contributed by atoms with Crippen molar-refractivity contribution in [3.8, 4) is 0 Å². The van der Waals surface area contributed by atoms with Gasteiger partial charge >= 0.3 is 0 Å². The molecule has 1 unspecified atom stereocenters. The third-order valence-electron chi connectivity index (χ3n) is 3.77. The maximum absolute atomic E-state index is 12.3. The number of nitrogens with one attached hydrogen (secondary N) is 1. The number of rotatable bonds is 5. The molecule has 0 aliphatic carbocycles. The van der Waals surface area contributed by atoms with Crippen molar-refractivity contribution in [1.82, 2.24) is 20.0 Å². The minimum Gasteiger partial charge on any atom is -0.341 e. The van der Waals surface area contributed by atoms with Crippen molar-refractivity contribution in [2.75, 3.05) is 13.1 Å². The van der Waals surface area contributed by atoms with Crippen LogP contribution in [0.4, 0.5) is 0 Å². The molecule has 0 radical (unpaired) electrons. The molecule has 1 aliphatic heterocycles. The molecule has 1 atom stereocenters. The predicted octanol–water partition coefficient (Wildman–Crippen LogP) is 1.42. The second-order valence-corrected chi connectivity index (χ2v) is 5.52. The van der Waals surface area contributed by atoms with Gasteiger partial charge in [0.25, 0.3) is 5.91 Å². The first kappa shape index (κ1) is 15.5. The number of aromatic nitrogens is 2. The zero-order valence-corrected chi connectivity index (χ0v) is 12.8. The zero-order valence-electron chi connectivity index (χ0n) is 12.8. The smallest absolute Gasteiger partial charge is 0.270 e. The molecule has 0 spiro atoms. The van der Waals surface area contributed by atoms with Crippen molar-refractivity contribution < 1.29 is 9.59 Å². The largest absolute Gasteiger partial charge is 0.341 e. The standard InChI is InChI=1S/C15H24N4O2/c1-3-9-19-13(7-8-16-19)14(20)17-12(2)15(21)18-10-5-4-6-11-18/h7-8,12H,3-6,9-11H2,1-2H3,(H,17,20). The number of likely N-dealkylation sites (tertiary alicyclic amines) is 1. The molecule has 1 aromatic heterocycles. The Morgan fingerprint density at radius 2 is 2.05 bits per heavy atom. The van der Waals surface area contributed by atoms with Crippen LogP contribution < -0.4 is 5.32 Å². The van der Waals surface area contributed by atoms with E-state index in [4.69, 9.17) is 0 Å². The topological polar surface area (TPSA) is 67.2 Å². The maximum Gasteiger partial charge on any atom is 0.270 e. The van der Waals surface area contributed by atoms with E-state index in [1.54, 1.807) is 23.9 Å². The van der Waals surface area contributed by atoms with Crippen LogP contribution in [-0.4, -0.2) is 45.6 Å². The SMILES string of the molecule is CCCn1nccc1C(=O)NC(C)C(=O)N1CCCCC1. The first-order chi connectivity index (χ1) is 10.1. The lowest BCUT2D eigenvalue weighted by Crippen LogP contribution is -2.48. The molecular weight excluding hydrogens is 268 g/mol. The van der Waals surface area contributed by atoms with Crippen LogP contribution in [0, 0.1) is 0 Å². The van der Waals surface area contributed by atoms with Crippen LogP contribution in [0.15, 0.2) is 12.3 Å². The van der Waals surface area contributed by atoms with E-state index in [1.165, 1.54) is 6.42 Å². The molecule has 6 heteroatoms. The summed E-state index contributed by atoms with van der Waals surface area (Å²) in [5.41, 5.74) is 0.509. The highest BCUT2D eigenvalue weighted by Gasteiger charge is 2.24. The van der Waals surface area contributed by atoms with Crippen molar-refractivity contribution in [2.45, 2.75) is 52.1 Å². The van der Waals surface area contributed by atoms with Gasteiger partial charge in [-0.25, -0.2) is 0 Å². The second kappa shape index (κ2) is 7.24. The van der Waals surface area contributed by atoms with Crippen LogP contribution in [0.3, 0.4) is 0 Å². The summed E-state index contributed by atoms with van der Waals surface area (Å²) in [5, 5.41) is 6.92. The molecule has 1 saturated heterocycles. The van der Waals surface area contributed by atoms with Gasteiger partial charge in [0.2, 0.25) is 5.91 Å². The van der Waals surface area contributed by atoms with Gasteiger partial charge in [0, 0.05) is 25.8 Å². The molecule has 0 saturated carbocycles. The van der Waals surface area contributed by atoms with E-state index < -0.39 is 6.04 Å².